The van der Waals surface area contributed by atoms with E-state index in [1.807, 2.05) is 12.1 Å². The largest absolute Gasteiger partial charge is 0.496 e. The van der Waals surface area contributed by atoms with Gasteiger partial charge in [0.25, 0.3) is 0 Å². The summed E-state index contributed by atoms with van der Waals surface area (Å²) in [6.45, 7) is 0.742. The van der Waals surface area contributed by atoms with E-state index in [0.717, 1.165) is 5.56 Å². The van der Waals surface area contributed by atoms with Crippen LogP contribution in [0.25, 0.3) is 0 Å². The van der Waals surface area contributed by atoms with Gasteiger partial charge >= 0.3 is 0 Å². The molecule has 2 rings (SSSR count). The Morgan fingerprint density at radius 1 is 1.40 bits per heavy atom. The molecule has 0 atom stereocenters. The van der Waals surface area contributed by atoms with Crippen molar-refractivity contribution in [3.8, 4) is 5.75 Å². The monoisotopic (exact) mass is 296 g/mol. The van der Waals surface area contributed by atoms with Gasteiger partial charge in [-0.1, -0.05) is 30.5 Å². The number of halogens is 1. The van der Waals surface area contributed by atoms with Crippen molar-refractivity contribution in [3.63, 3.8) is 0 Å². The third-order valence-electron chi connectivity index (χ3n) is 3.66. The van der Waals surface area contributed by atoms with E-state index in [1.165, 1.54) is 25.7 Å². The first-order chi connectivity index (χ1) is 9.70. The molecule has 20 heavy (non-hydrogen) atoms. The molecule has 1 saturated carbocycles. The van der Waals surface area contributed by atoms with E-state index in [9.17, 15) is 4.79 Å². The highest BCUT2D eigenvalue weighted by molar-refractivity contribution is 6.31. The standard InChI is InChI=1S/C15H21ClN2O2/c1-20-14-8-4-7-13(16)12(14)9-18-15(19)10-17-11-5-2-3-6-11/h4,7-8,11,17H,2-3,5-6,9-10H2,1H3,(H,18,19). The summed E-state index contributed by atoms with van der Waals surface area (Å²) in [7, 11) is 1.60. The Bertz CT molecular complexity index is 459. The molecular weight excluding hydrogens is 276 g/mol. The molecular formula is C15H21ClN2O2. The average Bonchev–Trinajstić information content (AvgIpc) is 2.96. The third-order valence-corrected chi connectivity index (χ3v) is 4.02. The zero-order chi connectivity index (χ0) is 14.4. The molecule has 2 N–H and O–H groups in total. The van der Waals surface area contributed by atoms with Gasteiger partial charge in [0.2, 0.25) is 5.91 Å². The molecule has 0 aliphatic heterocycles. The molecule has 0 radical (unpaired) electrons. The molecule has 4 nitrogen and oxygen atoms in total. The Balaban J connectivity index is 1.80. The van der Waals surface area contributed by atoms with E-state index in [4.69, 9.17) is 16.3 Å². The van der Waals surface area contributed by atoms with E-state index in [2.05, 4.69) is 10.6 Å². The average molecular weight is 297 g/mol. The van der Waals surface area contributed by atoms with Gasteiger partial charge in [-0.3, -0.25) is 4.79 Å². The van der Waals surface area contributed by atoms with Crippen LogP contribution in [0.5, 0.6) is 5.75 Å². The Labute approximate surface area is 124 Å². The smallest absolute Gasteiger partial charge is 0.234 e. The predicted octanol–water partition coefficient (Wildman–Crippen LogP) is 2.50. The maximum atomic E-state index is 11.8. The quantitative estimate of drug-likeness (QED) is 0.848. The first-order valence-electron chi connectivity index (χ1n) is 7.02. The van der Waals surface area contributed by atoms with Crippen LogP contribution in [0.1, 0.15) is 31.2 Å². The molecule has 1 aliphatic rings. The number of carbonyl (C=O) groups is 1. The summed E-state index contributed by atoms with van der Waals surface area (Å²) in [4.78, 5) is 11.8. The maximum Gasteiger partial charge on any atom is 0.234 e. The minimum atomic E-state index is -0.0149. The predicted molar refractivity (Wildman–Crippen MR) is 80.1 cm³/mol. The summed E-state index contributed by atoms with van der Waals surface area (Å²) in [5.41, 5.74) is 0.811. The van der Waals surface area contributed by atoms with E-state index in [-0.39, 0.29) is 5.91 Å². The first-order valence-corrected chi connectivity index (χ1v) is 7.40. The van der Waals surface area contributed by atoms with E-state index < -0.39 is 0 Å². The molecule has 0 aromatic heterocycles. The van der Waals surface area contributed by atoms with Crippen molar-refractivity contribution in [2.24, 2.45) is 0 Å². The third kappa shape index (κ3) is 4.12. The summed E-state index contributed by atoms with van der Waals surface area (Å²) < 4.78 is 5.25. The second-order valence-corrected chi connectivity index (χ2v) is 5.47. The second kappa shape index (κ2) is 7.50. The molecule has 0 saturated heterocycles. The SMILES string of the molecule is COc1cccc(Cl)c1CNC(=O)CNC1CCCC1. The van der Waals surface area contributed by atoms with Crippen molar-refractivity contribution in [3.05, 3.63) is 28.8 Å². The molecule has 1 amide bonds. The van der Waals surface area contributed by atoms with Crippen LogP contribution in [0.4, 0.5) is 0 Å². The van der Waals surface area contributed by atoms with Crippen LogP contribution in [0.3, 0.4) is 0 Å². The summed E-state index contributed by atoms with van der Waals surface area (Å²) in [6.07, 6.45) is 4.86. The molecule has 1 aliphatic carbocycles. The van der Waals surface area contributed by atoms with Crippen LogP contribution >= 0.6 is 11.6 Å². The molecule has 110 valence electrons. The second-order valence-electron chi connectivity index (χ2n) is 5.06. The van der Waals surface area contributed by atoms with E-state index in [0.29, 0.717) is 29.9 Å². The van der Waals surface area contributed by atoms with Gasteiger partial charge < -0.3 is 15.4 Å². The van der Waals surface area contributed by atoms with Crippen molar-refractivity contribution < 1.29 is 9.53 Å². The number of hydrogen-bond donors (Lipinski definition) is 2. The van der Waals surface area contributed by atoms with Gasteiger partial charge in [0.1, 0.15) is 5.75 Å². The fourth-order valence-corrected chi connectivity index (χ4v) is 2.75. The van der Waals surface area contributed by atoms with E-state index >= 15 is 0 Å². The summed E-state index contributed by atoms with van der Waals surface area (Å²) >= 11 is 6.13. The highest BCUT2D eigenvalue weighted by Crippen LogP contribution is 2.25. The fraction of sp³-hybridized carbons (Fsp3) is 0.533. The van der Waals surface area contributed by atoms with Crippen LogP contribution in [0.15, 0.2) is 18.2 Å². The number of rotatable bonds is 6. The minimum Gasteiger partial charge on any atom is -0.496 e. The molecule has 1 aromatic carbocycles. The number of hydrogen-bond acceptors (Lipinski definition) is 3. The first kappa shape index (κ1) is 15.1. The minimum absolute atomic E-state index is 0.0149. The molecule has 0 bridgehead atoms. The van der Waals surface area contributed by atoms with Gasteiger partial charge in [-0.15, -0.1) is 0 Å². The summed E-state index contributed by atoms with van der Waals surface area (Å²) in [5.74, 6) is 0.681. The number of benzene rings is 1. The van der Waals surface area contributed by atoms with Crippen molar-refractivity contribution in [2.45, 2.75) is 38.3 Å². The van der Waals surface area contributed by atoms with Gasteiger partial charge in [-0.2, -0.15) is 0 Å². The lowest BCUT2D eigenvalue weighted by Crippen LogP contribution is -2.37. The summed E-state index contributed by atoms with van der Waals surface area (Å²) in [6, 6.07) is 5.95. The maximum absolute atomic E-state index is 11.8. The highest BCUT2D eigenvalue weighted by Gasteiger charge is 2.15. The van der Waals surface area contributed by atoms with Gasteiger partial charge in [0, 0.05) is 23.2 Å². The number of ether oxygens (including phenoxy) is 1. The van der Waals surface area contributed by atoms with Crippen molar-refractivity contribution in [2.75, 3.05) is 13.7 Å². The van der Waals surface area contributed by atoms with Crippen LogP contribution in [-0.4, -0.2) is 25.6 Å². The number of amides is 1. The zero-order valence-electron chi connectivity index (χ0n) is 11.7. The normalized spacial score (nSPS) is 15.3. The van der Waals surface area contributed by atoms with Crippen LogP contribution in [-0.2, 0) is 11.3 Å². The molecule has 5 heteroatoms. The lowest BCUT2D eigenvalue weighted by molar-refractivity contribution is -0.120. The highest BCUT2D eigenvalue weighted by atomic mass is 35.5. The molecule has 1 fully saturated rings. The van der Waals surface area contributed by atoms with Crippen molar-refractivity contribution >= 4 is 17.5 Å². The summed E-state index contributed by atoms with van der Waals surface area (Å²) in [5, 5.41) is 6.76. The zero-order valence-corrected chi connectivity index (χ0v) is 12.5. The van der Waals surface area contributed by atoms with Gasteiger partial charge in [-0.05, 0) is 25.0 Å². The molecule has 0 unspecified atom stereocenters. The van der Waals surface area contributed by atoms with Gasteiger partial charge in [-0.25, -0.2) is 0 Å². The van der Waals surface area contributed by atoms with Crippen LogP contribution < -0.4 is 15.4 Å². The van der Waals surface area contributed by atoms with Crippen molar-refractivity contribution in [1.82, 2.24) is 10.6 Å². The number of nitrogens with one attached hydrogen (secondary N) is 2. The molecule has 0 heterocycles. The fourth-order valence-electron chi connectivity index (χ4n) is 2.52. The van der Waals surface area contributed by atoms with Crippen molar-refractivity contribution in [1.29, 1.82) is 0 Å². The molecule has 1 aromatic rings. The van der Waals surface area contributed by atoms with Gasteiger partial charge in [0.15, 0.2) is 0 Å². The van der Waals surface area contributed by atoms with E-state index in [1.54, 1.807) is 13.2 Å². The van der Waals surface area contributed by atoms with Crippen LogP contribution in [0, 0.1) is 0 Å². The lowest BCUT2D eigenvalue weighted by atomic mass is 10.2. The molecule has 0 spiro atoms. The Hall–Kier alpha value is -1.26. The van der Waals surface area contributed by atoms with Gasteiger partial charge in [0.05, 0.1) is 13.7 Å². The number of carbonyl (C=O) groups excluding carboxylic acids is 1. The lowest BCUT2D eigenvalue weighted by Gasteiger charge is -2.13. The topological polar surface area (TPSA) is 50.4 Å². The Morgan fingerprint density at radius 3 is 2.85 bits per heavy atom. The Kier molecular flexibility index (Phi) is 5.68. The number of methoxy groups -OCH3 is 1. The Morgan fingerprint density at radius 2 is 2.15 bits per heavy atom. The van der Waals surface area contributed by atoms with Crippen LogP contribution in [0.2, 0.25) is 5.02 Å².